The largest absolute Gasteiger partial charge is 0.372 e. The maximum Gasteiger partial charge on any atom is 0.267 e. The highest BCUT2D eigenvalue weighted by Gasteiger charge is 2.29. The molecule has 1 aliphatic heterocycles. The van der Waals surface area contributed by atoms with Crippen LogP contribution in [0.4, 0.5) is 0 Å². The molecule has 5 nitrogen and oxygen atoms in total. The summed E-state index contributed by atoms with van der Waals surface area (Å²) in [5.74, 6) is 0.584. The molecule has 2 aromatic heterocycles. The Hall–Kier alpha value is -2.74. The second kappa shape index (κ2) is 9.49. The summed E-state index contributed by atoms with van der Waals surface area (Å²) in [6.07, 6.45) is 0.811. The van der Waals surface area contributed by atoms with E-state index in [1.54, 1.807) is 4.57 Å². The second-order valence-corrected chi connectivity index (χ2v) is 11.0. The van der Waals surface area contributed by atoms with Crippen molar-refractivity contribution in [2.45, 2.75) is 45.1 Å². The Morgan fingerprint density at radius 3 is 2.74 bits per heavy atom. The molecule has 2 aromatic carbocycles. The Labute approximate surface area is 206 Å². The van der Waals surface area contributed by atoms with Gasteiger partial charge in [-0.15, -0.1) is 11.3 Å². The van der Waals surface area contributed by atoms with Gasteiger partial charge in [0.1, 0.15) is 4.83 Å². The van der Waals surface area contributed by atoms with Crippen molar-refractivity contribution < 1.29 is 9.53 Å². The molecule has 0 aliphatic carbocycles. The van der Waals surface area contributed by atoms with Gasteiger partial charge in [0.15, 0.2) is 10.9 Å². The van der Waals surface area contributed by atoms with Crippen molar-refractivity contribution >= 4 is 39.1 Å². The zero-order chi connectivity index (χ0) is 23.8. The van der Waals surface area contributed by atoms with Crippen LogP contribution in [-0.4, -0.2) is 27.2 Å². The van der Waals surface area contributed by atoms with Gasteiger partial charge in [0.25, 0.3) is 5.56 Å². The van der Waals surface area contributed by atoms with Gasteiger partial charge in [-0.2, -0.15) is 0 Å². The molecule has 1 atom stereocenters. The quantitative estimate of drug-likeness (QED) is 0.193. The Morgan fingerprint density at radius 1 is 1.21 bits per heavy atom. The van der Waals surface area contributed by atoms with Crippen LogP contribution in [0.15, 0.2) is 64.5 Å². The molecule has 0 N–H and O–H groups in total. The van der Waals surface area contributed by atoms with Crippen molar-refractivity contribution in [1.82, 2.24) is 9.55 Å². The van der Waals surface area contributed by atoms with Gasteiger partial charge in [0.2, 0.25) is 0 Å². The smallest absolute Gasteiger partial charge is 0.267 e. The molecule has 174 valence electrons. The molecule has 5 rings (SSSR count). The average molecular weight is 491 g/mol. The number of nitrogens with zero attached hydrogens (tertiary/aromatic N) is 2. The average Bonchev–Trinajstić information content (AvgIpc) is 3.21. The first kappa shape index (κ1) is 23.0. The van der Waals surface area contributed by atoms with Crippen LogP contribution in [0, 0.1) is 12.8 Å². The molecule has 0 radical (unpaired) electrons. The third-order valence-corrected chi connectivity index (χ3v) is 8.18. The molecule has 1 aliphatic rings. The highest BCUT2D eigenvalue weighted by Crippen LogP contribution is 2.36. The predicted octanol–water partition coefficient (Wildman–Crippen LogP) is 5.83. The van der Waals surface area contributed by atoms with E-state index in [9.17, 15) is 9.59 Å². The first-order valence-corrected chi connectivity index (χ1v) is 13.2. The maximum atomic E-state index is 14.0. The van der Waals surface area contributed by atoms with Gasteiger partial charge in [-0.1, -0.05) is 68.1 Å². The zero-order valence-electron chi connectivity index (χ0n) is 19.4. The summed E-state index contributed by atoms with van der Waals surface area (Å²) in [6.45, 7) is 6.80. The number of hydrogen-bond donors (Lipinski definition) is 0. The number of thiophene rings is 1. The molecule has 0 saturated heterocycles. The Balaban J connectivity index is 1.62. The highest BCUT2D eigenvalue weighted by atomic mass is 32.2. The van der Waals surface area contributed by atoms with Gasteiger partial charge < -0.3 is 4.74 Å². The van der Waals surface area contributed by atoms with E-state index < -0.39 is 0 Å². The lowest BCUT2D eigenvalue weighted by atomic mass is 9.96. The number of aromatic nitrogens is 2. The van der Waals surface area contributed by atoms with Crippen molar-refractivity contribution in [3.8, 4) is 5.69 Å². The van der Waals surface area contributed by atoms with E-state index in [1.807, 2.05) is 61.5 Å². The monoisotopic (exact) mass is 490 g/mol. The van der Waals surface area contributed by atoms with E-state index in [4.69, 9.17) is 9.72 Å². The molecule has 3 heterocycles. The molecule has 0 saturated carbocycles. The fraction of sp³-hybridized carbons (Fsp3) is 0.296. The van der Waals surface area contributed by atoms with Gasteiger partial charge in [-0.25, -0.2) is 4.98 Å². The standard InChI is InChI=1S/C27H26N2O3S2/c1-16(2)22-13-20-23(14-32-22)34-25-24(20)26(31)29(19-11-7-8-17(3)12-19)27(28-25)33-15-21(30)18-9-5-4-6-10-18/h4-12,16,22H,13-15H2,1-3H3. The number of ketones is 1. The molecule has 0 amide bonds. The van der Waals surface area contributed by atoms with Crippen LogP contribution in [0.25, 0.3) is 15.9 Å². The van der Waals surface area contributed by atoms with Crippen LogP contribution in [0.5, 0.6) is 0 Å². The summed E-state index contributed by atoms with van der Waals surface area (Å²) >= 11 is 2.84. The number of hydrogen-bond acceptors (Lipinski definition) is 6. The van der Waals surface area contributed by atoms with Gasteiger partial charge >= 0.3 is 0 Å². The number of ether oxygens (including phenoxy) is 1. The van der Waals surface area contributed by atoms with E-state index >= 15 is 0 Å². The molecular weight excluding hydrogens is 464 g/mol. The molecular formula is C27H26N2O3S2. The lowest BCUT2D eigenvalue weighted by Gasteiger charge is -2.26. The topological polar surface area (TPSA) is 61.2 Å². The van der Waals surface area contributed by atoms with Crippen LogP contribution < -0.4 is 5.56 Å². The van der Waals surface area contributed by atoms with Crippen LogP contribution in [-0.2, 0) is 17.8 Å². The molecule has 4 aromatic rings. The molecule has 1 unspecified atom stereocenters. The summed E-state index contributed by atoms with van der Waals surface area (Å²) in [5, 5.41) is 1.22. The maximum absolute atomic E-state index is 14.0. The SMILES string of the molecule is Cc1cccc(-n2c(SCC(=O)c3ccccc3)nc3sc4c(c3c2=O)CC(C(C)C)OC4)c1. The third kappa shape index (κ3) is 4.35. The van der Waals surface area contributed by atoms with E-state index in [0.717, 1.165) is 32.9 Å². The summed E-state index contributed by atoms with van der Waals surface area (Å²) in [7, 11) is 0. The number of aryl methyl sites for hydroxylation is 1. The molecule has 0 fully saturated rings. The minimum Gasteiger partial charge on any atom is -0.372 e. The number of carbonyl (C=O) groups is 1. The molecule has 0 spiro atoms. The zero-order valence-corrected chi connectivity index (χ0v) is 21.0. The first-order chi connectivity index (χ1) is 16.4. The van der Waals surface area contributed by atoms with Crippen LogP contribution in [0.2, 0.25) is 0 Å². The summed E-state index contributed by atoms with van der Waals surface area (Å²) in [4.78, 5) is 33.5. The Bertz CT molecular complexity index is 1420. The van der Waals surface area contributed by atoms with Gasteiger partial charge in [0, 0.05) is 16.9 Å². The van der Waals surface area contributed by atoms with E-state index in [0.29, 0.717) is 28.6 Å². The van der Waals surface area contributed by atoms with Crippen molar-refractivity contribution in [3.63, 3.8) is 0 Å². The first-order valence-electron chi connectivity index (χ1n) is 11.4. The van der Waals surface area contributed by atoms with Crippen LogP contribution >= 0.6 is 23.1 Å². The van der Waals surface area contributed by atoms with E-state index in [-0.39, 0.29) is 23.2 Å². The van der Waals surface area contributed by atoms with Crippen LogP contribution in [0.1, 0.15) is 40.2 Å². The Kier molecular flexibility index (Phi) is 6.42. The van der Waals surface area contributed by atoms with Crippen molar-refractivity contribution in [2.24, 2.45) is 5.92 Å². The van der Waals surface area contributed by atoms with Crippen molar-refractivity contribution in [2.75, 3.05) is 5.75 Å². The highest BCUT2D eigenvalue weighted by molar-refractivity contribution is 7.99. The summed E-state index contributed by atoms with van der Waals surface area (Å²) < 4.78 is 7.72. The number of benzene rings is 2. The lowest BCUT2D eigenvalue weighted by Crippen LogP contribution is -2.28. The van der Waals surface area contributed by atoms with Crippen molar-refractivity contribution in [1.29, 1.82) is 0 Å². The van der Waals surface area contributed by atoms with Crippen LogP contribution in [0.3, 0.4) is 0 Å². The summed E-state index contributed by atoms with van der Waals surface area (Å²) in [6, 6.07) is 17.1. The van der Waals surface area contributed by atoms with E-state index in [1.165, 1.54) is 23.1 Å². The fourth-order valence-corrected chi connectivity index (χ4v) is 6.34. The van der Waals surface area contributed by atoms with E-state index in [2.05, 4.69) is 13.8 Å². The predicted molar refractivity (Wildman–Crippen MR) is 139 cm³/mol. The normalized spacial score (nSPS) is 15.6. The van der Waals surface area contributed by atoms with Crippen molar-refractivity contribution in [3.05, 3.63) is 86.5 Å². The minimum absolute atomic E-state index is 0.00869. The number of fused-ring (bicyclic) bond motifs is 3. The second-order valence-electron chi connectivity index (χ2n) is 8.93. The summed E-state index contributed by atoms with van der Waals surface area (Å²) in [5.41, 5.74) is 3.47. The lowest BCUT2D eigenvalue weighted by molar-refractivity contribution is 0.00200. The number of Topliss-reactive ketones (excluding diaryl/α,β-unsaturated/α-hetero) is 1. The molecule has 34 heavy (non-hydrogen) atoms. The Morgan fingerprint density at radius 2 is 2.00 bits per heavy atom. The van der Waals surface area contributed by atoms with Gasteiger partial charge in [-0.05, 0) is 36.1 Å². The minimum atomic E-state index is -0.0767. The third-order valence-electron chi connectivity index (χ3n) is 6.14. The number of thioether (sulfide) groups is 1. The molecule has 0 bridgehead atoms. The number of carbonyl (C=O) groups excluding carboxylic acids is 1. The number of rotatable bonds is 6. The van der Waals surface area contributed by atoms with Gasteiger partial charge in [-0.3, -0.25) is 14.2 Å². The fourth-order valence-electron chi connectivity index (χ4n) is 4.27. The molecule has 7 heteroatoms. The van der Waals surface area contributed by atoms with Gasteiger partial charge in [0.05, 0.1) is 29.5 Å².